The fourth-order valence-electron chi connectivity index (χ4n) is 2.11. The molecule has 1 nitrogen and oxygen atoms in total. The Morgan fingerprint density at radius 2 is 2.31 bits per heavy atom. The molecule has 1 heteroatoms. The number of allylic oxidation sites excluding steroid dienone is 1. The van der Waals surface area contributed by atoms with E-state index in [1.807, 2.05) is 18.2 Å². The van der Waals surface area contributed by atoms with E-state index in [0.29, 0.717) is 5.92 Å². The van der Waals surface area contributed by atoms with Gasteiger partial charge in [-0.25, -0.2) is 0 Å². The van der Waals surface area contributed by atoms with Crippen molar-refractivity contribution >= 4 is 0 Å². The number of rotatable bonds is 0. The summed E-state index contributed by atoms with van der Waals surface area (Å²) in [6, 6.07) is 8.11. The monoisotopic (exact) mass is 173 g/mol. The smallest absolute Gasteiger partial charge is 0.123 e. The first kappa shape index (κ1) is 6.25. The Morgan fingerprint density at radius 3 is 3.31 bits per heavy atom. The van der Waals surface area contributed by atoms with Crippen molar-refractivity contribution < 1.29 is 6.11 Å². The maximum atomic E-state index is 7.90. The Bertz CT molecular complexity index is 386. The molecule has 0 aromatic heterocycles. The van der Waals surface area contributed by atoms with Crippen molar-refractivity contribution in [1.82, 2.24) is 0 Å². The normalized spacial score (nSPS) is 36.0. The summed E-state index contributed by atoms with van der Waals surface area (Å²) in [6.07, 6.45) is 5.02. The van der Waals surface area contributed by atoms with Gasteiger partial charge in [-0.2, -0.15) is 0 Å². The lowest BCUT2D eigenvalue weighted by Crippen LogP contribution is -2.19. The highest BCUT2D eigenvalue weighted by Gasteiger charge is 2.32. The van der Waals surface area contributed by atoms with E-state index in [-0.39, 0.29) is 12.5 Å². The molecule has 0 fully saturated rings. The molecule has 0 radical (unpaired) electrons. The lowest BCUT2D eigenvalue weighted by Gasteiger charge is -2.18. The van der Waals surface area contributed by atoms with Crippen LogP contribution in [0.5, 0.6) is 5.75 Å². The second-order valence-electron chi connectivity index (χ2n) is 3.55. The van der Waals surface area contributed by atoms with Gasteiger partial charge in [0.1, 0.15) is 11.9 Å². The summed E-state index contributed by atoms with van der Waals surface area (Å²) in [5.41, 5.74) is 1.24. The standard InChI is InChI=1S/C12H12O/c1-3-7-11-9(5-1)10-6-2-4-8-12(10)13-11/h1-3,5-7,10,12H,4,8H2/t10-,12-/m1/s1/i8D/t8-,10-,12-. The van der Waals surface area contributed by atoms with Crippen molar-refractivity contribution in [3.8, 4) is 5.75 Å². The predicted molar refractivity (Wildman–Crippen MR) is 52.0 cm³/mol. The van der Waals surface area contributed by atoms with E-state index in [2.05, 4.69) is 18.2 Å². The molecule has 0 saturated heterocycles. The van der Waals surface area contributed by atoms with E-state index >= 15 is 0 Å². The van der Waals surface area contributed by atoms with Crippen LogP contribution in [0.2, 0.25) is 0 Å². The number of benzene rings is 1. The minimum absolute atomic E-state index is 0.0393. The van der Waals surface area contributed by atoms with Crippen LogP contribution in [-0.2, 0) is 0 Å². The fourth-order valence-corrected chi connectivity index (χ4v) is 2.11. The van der Waals surface area contributed by atoms with Crippen molar-refractivity contribution in [2.45, 2.75) is 24.8 Å². The van der Waals surface area contributed by atoms with Crippen LogP contribution in [0.1, 0.15) is 25.7 Å². The number of hydrogen-bond acceptors (Lipinski definition) is 1. The van der Waals surface area contributed by atoms with E-state index in [9.17, 15) is 0 Å². The minimum Gasteiger partial charge on any atom is -0.489 e. The predicted octanol–water partition coefficient (Wildman–Crippen LogP) is 2.88. The van der Waals surface area contributed by atoms with E-state index in [0.717, 1.165) is 12.2 Å². The highest BCUT2D eigenvalue weighted by molar-refractivity contribution is 5.44. The van der Waals surface area contributed by atoms with Gasteiger partial charge in [0.15, 0.2) is 0 Å². The maximum Gasteiger partial charge on any atom is 0.123 e. The van der Waals surface area contributed by atoms with Crippen molar-refractivity contribution in [3.05, 3.63) is 42.0 Å². The van der Waals surface area contributed by atoms with Gasteiger partial charge in [-0.15, -0.1) is 0 Å². The molecule has 0 bridgehead atoms. The molecule has 3 atom stereocenters. The molecule has 13 heavy (non-hydrogen) atoms. The van der Waals surface area contributed by atoms with Crippen LogP contribution in [0.25, 0.3) is 0 Å². The average Bonchev–Trinajstić information content (AvgIpc) is 2.59. The fraction of sp³-hybridized carbons (Fsp3) is 0.333. The van der Waals surface area contributed by atoms with Crippen molar-refractivity contribution in [2.24, 2.45) is 0 Å². The number of ether oxygens (including phenoxy) is 1. The summed E-state index contributed by atoms with van der Waals surface area (Å²) >= 11 is 0. The van der Waals surface area contributed by atoms with Crippen LogP contribution in [0.3, 0.4) is 0 Å². The molecule has 0 amide bonds. The van der Waals surface area contributed by atoms with Gasteiger partial charge < -0.3 is 4.74 Å². The molecule has 2 aliphatic rings. The zero-order valence-corrected chi connectivity index (χ0v) is 7.31. The van der Waals surface area contributed by atoms with E-state index < -0.39 is 0 Å². The lowest BCUT2D eigenvalue weighted by molar-refractivity contribution is 0.204. The topological polar surface area (TPSA) is 9.23 Å². The molecule has 1 aliphatic carbocycles. The van der Waals surface area contributed by atoms with E-state index in [4.69, 9.17) is 6.11 Å². The summed E-state index contributed by atoms with van der Waals surface area (Å²) in [5, 5.41) is 0. The highest BCUT2D eigenvalue weighted by atomic mass is 16.5. The third-order valence-electron chi connectivity index (χ3n) is 2.74. The van der Waals surface area contributed by atoms with Gasteiger partial charge in [0.2, 0.25) is 0 Å². The summed E-state index contributed by atoms with van der Waals surface area (Å²) in [6.45, 7) is 0. The Hall–Kier alpha value is -1.24. The Labute approximate surface area is 79.4 Å². The van der Waals surface area contributed by atoms with Crippen LogP contribution < -0.4 is 4.74 Å². The second kappa shape index (κ2) is 2.63. The van der Waals surface area contributed by atoms with Gasteiger partial charge in [-0.3, -0.25) is 0 Å². The molecule has 1 aromatic rings. The zero-order chi connectivity index (χ0) is 9.54. The largest absolute Gasteiger partial charge is 0.489 e. The lowest BCUT2D eigenvalue weighted by atomic mass is 9.89. The first-order chi connectivity index (χ1) is 6.86. The molecular formula is C12H12O. The second-order valence-corrected chi connectivity index (χ2v) is 3.55. The summed E-state index contributed by atoms with van der Waals surface area (Å²) in [4.78, 5) is 0. The van der Waals surface area contributed by atoms with Crippen molar-refractivity contribution in [1.29, 1.82) is 0 Å². The maximum absolute atomic E-state index is 7.90. The van der Waals surface area contributed by atoms with Gasteiger partial charge in [0.25, 0.3) is 0 Å². The molecule has 3 rings (SSSR count). The van der Waals surface area contributed by atoms with E-state index in [1.165, 1.54) is 5.56 Å². The third kappa shape index (κ3) is 0.998. The van der Waals surface area contributed by atoms with Crippen LogP contribution >= 0.6 is 0 Å². The Balaban J connectivity index is 2.07. The zero-order valence-electron chi connectivity index (χ0n) is 8.31. The first-order valence-electron chi connectivity index (χ1n) is 5.28. The Kier molecular flexibility index (Phi) is 1.26. The van der Waals surface area contributed by atoms with Crippen molar-refractivity contribution in [3.63, 3.8) is 0 Å². The minimum atomic E-state index is -0.114. The van der Waals surface area contributed by atoms with Gasteiger partial charge in [-0.1, -0.05) is 30.4 Å². The molecule has 0 saturated carbocycles. The summed E-state index contributed by atoms with van der Waals surface area (Å²) in [5.74, 6) is 1.27. The molecule has 0 spiro atoms. The SMILES string of the molecule is [2H][C@@H]1CC=C[C@@H]2c3ccccc3O[C@H]12. The highest BCUT2D eigenvalue weighted by Crippen LogP contribution is 2.42. The van der Waals surface area contributed by atoms with Crippen LogP contribution in [0, 0.1) is 0 Å². The Morgan fingerprint density at radius 1 is 1.38 bits per heavy atom. The number of hydrogen-bond donors (Lipinski definition) is 0. The van der Waals surface area contributed by atoms with Crippen LogP contribution in [-0.4, -0.2) is 6.10 Å². The molecule has 1 aliphatic heterocycles. The molecule has 0 unspecified atom stereocenters. The molecule has 0 N–H and O–H groups in total. The van der Waals surface area contributed by atoms with Crippen molar-refractivity contribution in [2.75, 3.05) is 0 Å². The molecule has 1 aromatic carbocycles. The van der Waals surface area contributed by atoms with Gasteiger partial charge in [0.05, 0.1) is 0 Å². The average molecular weight is 173 g/mol. The molecular weight excluding hydrogens is 160 g/mol. The van der Waals surface area contributed by atoms with Crippen LogP contribution in [0.4, 0.5) is 0 Å². The summed E-state index contributed by atoms with van der Waals surface area (Å²) in [7, 11) is 0. The van der Waals surface area contributed by atoms with Gasteiger partial charge in [0, 0.05) is 12.9 Å². The quantitative estimate of drug-likeness (QED) is 0.548. The van der Waals surface area contributed by atoms with Gasteiger partial charge >= 0.3 is 0 Å². The van der Waals surface area contributed by atoms with Gasteiger partial charge in [-0.05, 0) is 18.9 Å². The molecule has 66 valence electrons. The third-order valence-corrected chi connectivity index (χ3v) is 2.74. The number of fused-ring (bicyclic) bond motifs is 3. The molecule has 1 heterocycles. The van der Waals surface area contributed by atoms with Crippen LogP contribution in [0.15, 0.2) is 36.4 Å². The van der Waals surface area contributed by atoms with E-state index in [1.54, 1.807) is 0 Å². The number of para-hydroxylation sites is 1. The summed E-state index contributed by atoms with van der Waals surface area (Å²) < 4.78 is 13.7. The first-order valence-corrected chi connectivity index (χ1v) is 4.71.